The van der Waals surface area contributed by atoms with E-state index in [0.717, 1.165) is 13.1 Å². The zero-order valence-corrected chi connectivity index (χ0v) is 11.9. The smallest absolute Gasteiger partial charge is 0.0481 e. The fourth-order valence-corrected chi connectivity index (χ4v) is 2.58. The second-order valence-corrected chi connectivity index (χ2v) is 5.19. The molecule has 0 saturated carbocycles. The monoisotopic (exact) mass is 265 g/mol. The van der Waals surface area contributed by atoms with Crippen LogP contribution in [0.1, 0.15) is 16.7 Å². The van der Waals surface area contributed by atoms with E-state index in [1.54, 1.807) is 0 Å². The largest absolute Gasteiger partial charge is 0.350 e. The normalized spacial score (nSPS) is 11.1. The van der Waals surface area contributed by atoms with Crippen molar-refractivity contribution in [1.82, 2.24) is 14.9 Å². The highest BCUT2D eigenvalue weighted by Crippen LogP contribution is 2.20. The Labute approximate surface area is 119 Å². The highest BCUT2D eigenvalue weighted by Gasteiger charge is 2.05. The zero-order chi connectivity index (χ0) is 13.9. The van der Waals surface area contributed by atoms with Crippen LogP contribution in [0.15, 0.2) is 48.9 Å². The lowest BCUT2D eigenvalue weighted by molar-refractivity contribution is 0.689. The number of aromatic nitrogens is 2. The van der Waals surface area contributed by atoms with E-state index in [9.17, 15) is 0 Å². The van der Waals surface area contributed by atoms with Crippen LogP contribution < -0.4 is 5.32 Å². The number of hydrogen-bond donors (Lipinski definition) is 1. The number of benzene rings is 1. The van der Waals surface area contributed by atoms with Crippen molar-refractivity contribution >= 4 is 10.9 Å². The molecule has 0 unspecified atom stereocenters. The van der Waals surface area contributed by atoms with Crippen LogP contribution in [-0.4, -0.2) is 9.55 Å². The molecule has 3 rings (SSSR count). The molecule has 0 bridgehead atoms. The van der Waals surface area contributed by atoms with Gasteiger partial charge in [-0.2, -0.15) is 0 Å². The van der Waals surface area contributed by atoms with Gasteiger partial charge in [0.05, 0.1) is 0 Å². The summed E-state index contributed by atoms with van der Waals surface area (Å²) in [6, 6.07) is 10.6. The number of rotatable bonds is 4. The molecule has 0 radical (unpaired) electrons. The van der Waals surface area contributed by atoms with E-state index in [1.165, 1.54) is 27.6 Å². The topological polar surface area (TPSA) is 29.9 Å². The molecule has 0 atom stereocenters. The van der Waals surface area contributed by atoms with Crippen molar-refractivity contribution in [3.05, 3.63) is 65.6 Å². The van der Waals surface area contributed by atoms with E-state index < -0.39 is 0 Å². The molecular weight excluding hydrogens is 246 g/mol. The third kappa shape index (κ3) is 2.45. The lowest BCUT2D eigenvalue weighted by Gasteiger charge is -2.06. The summed E-state index contributed by atoms with van der Waals surface area (Å²) in [5, 5.41) is 4.84. The summed E-state index contributed by atoms with van der Waals surface area (Å²) in [4.78, 5) is 4.18. The van der Waals surface area contributed by atoms with Gasteiger partial charge in [-0.05, 0) is 35.7 Å². The van der Waals surface area contributed by atoms with Crippen molar-refractivity contribution in [2.75, 3.05) is 0 Å². The van der Waals surface area contributed by atoms with Gasteiger partial charge in [-0.15, -0.1) is 0 Å². The molecule has 3 heteroatoms. The number of pyridine rings is 1. The van der Waals surface area contributed by atoms with Crippen molar-refractivity contribution in [2.24, 2.45) is 7.05 Å². The summed E-state index contributed by atoms with van der Waals surface area (Å²) in [5.74, 6) is 0. The lowest BCUT2D eigenvalue weighted by Crippen LogP contribution is -2.13. The van der Waals surface area contributed by atoms with Crippen LogP contribution in [0.3, 0.4) is 0 Å². The Morgan fingerprint density at radius 2 is 1.90 bits per heavy atom. The van der Waals surface area contributed by atoms with Crippen LogP contribution in [-0.2, 0) is 20.1 Å². The summed E-state index contributed by atoms with van der Waals surface area (Å²) in [6.07, 6.45) is 5.97. The van der Waals surface area contributed by atoms with Crippen molar-refractivity contribution in [2.45, 2.75) is 20.0 Å². The minimum Gasteiger partial charge on any atom is -0.350 e. The Hall–Kier alpha value is -2.13. The number of hydrogen-bond acceptors (Lipinski definition) is 2. The second-order valence-electron chi connectivity index (χ2n) is 5.19. The van der Waals surface area contributed by atoms with Gasteiger partial charge in [0.15, 0.2) is 0 Å². The molecule has 3 aromatic rings. The fourth-order valence-electron chi connectivity index (χ4n) is 2.58. The number of fused-ring (bicyclic) bond motifs is 1. The molecule has 102 valence electrons. The summed E-state index contributed by atoms with van der Waals surface area (Å²) < 4.78 is 2.18. The zero-order valence-electron chi connectivity index (χ0n) is 11.9. The Morgan fingerprint density at radius 1 is 1.10 bits per heavy atom. The molecule has 2 aromatic heterocycles. The molecule has 1 aromatic carbocycles. The van der Waals surface area contributed by atoms with Gasteiger partial charge in [-0.3, -0.25) is 4.98 Å². The quantitative estimate of drug-likeness (QED) is 0.785. The van der Waals surface area contributed by atoms with Crippen molar-refractivity contribution in [3.63, 3.8) is 0 Å². The van der Waals surface area contributed by atoms with Crippen LogP contribution in [0.4, 0.5) is 0 Å². The minimum absolute atomic E-state index is 0.850. The summed E-state index contributed by atoms with van der Waals surface area (Å²) in [5.41, 5.74) is 5.16. The van der Waals surface area contributed by atoms with Crippen molar-refractivity contribution < 1.29 is 0 Å². The van der Waals surface area contributed by atoms with E-state index in [0.29, 0.717) is 0 Å². The summed E-state index contributed by atoms with van der Waals surface area (Å²) >= 11 is 0. The van der Waals surface area contributed by atoms with Crippen LogP contribution >= 0.6 is 0 Å². The molecule has 2 heterocycles. The van der Waals surface area contributed by atoms with Gasteiger partial charge in [-0.1, -0.05) is 18.2 Å². The van der Waals surface area contributed by atoms with Crippen molar-refractivity contribution in [3.8, 4) is 0 Å². The average molecular weight is 265 g/mol. The second kappa shape index (κ2) is 5.47. The van der Waals surface area contributed by atoms with Crippen LogP contribution in [0.5, 0.6) is 0 Å². The first kappa shape index (κ1) is 12.9. The molecular formula is C17H19N3. The molecule has 0 spiro atoms. The maximum absolute atomic E-state index is 4.18. The van der Waals surface area contributed by atoms with Gasteiger partial charge in [0.1, 0.15) is 0 Å². The van der Waals surface area contributed by atoms with Gasteiger partial charge in [0, 0.05) is 49.6 Å². The average Bonchev–Trinajstić information content (AvgIpc) is 2.78. The number of aryl methyl sites for hydroxylation is 2. The van der Waals surface area contributed by atoms with Gasteiger partial charge in [0.25, 0.3) is 0 Å². The molecule has 0 aliphatic rings. The molecule has 3 nitrogen and oxygen atoms in total. The number of para-hydroxylation sites is 1. The predicted octanol–water partition coefficient (Wildman–Crippen LogP) is 3.17. The summed E-state index contributed by atoms with van der Waals surface area (Å²) in [7, 11) is 2.09. The molecule has 0 aliphatic heterocycles. The maximum atomic E-state index is 4.18. The number of nitrogens with zero attached hydrogens (tertiary/aromatic N) is 2. The molecule has 0 amide bonds. The fraction of sp³-hybridized carbons (Fsp3) is 0.235. The standard InChI is InChI=1S/C17H19N3/c1-13-7-8-18-9-14(13)10-19-11-15-12-20(2)17-6-4-3-5-16(15)17/h3-9,12,19H,10-11H2,1-2H3. The molecule has 0 saturated heterocycles. The Kier molecular flexibility index (Phi) is 3.52. The van der Waals surface area contributed by atoms with Crippen molar-refractivity contribution in [1.29, 1.82) is 0 Å². The SMILES string of the molecule is Cc1ccncc1CNCc1cn(C)c2ccccc12. The molecule has 0 fully saturated rings. The van der Waals surface area contributed by atoms with E-state index in [1.807, 2.05) is 12.4 Å². The third-order valence-corrected chi connectivity index (χ3v) is 3.76. The van der Waals surface area contributed by atoms with E-state index in [-0.39, 0.29) is 0 Å². The highest BCUT2D eigenvalue weighted by molar-refractivity contribution is 5.83. The van der Waals surface area contributed by atoms with Crippen LogP contribution in [0.25, 0.3) is 10.9 Å². The molecule has 20 heavy (non-hydrogen) atoms. The Bertz CT molecular complexity index is 728. The van der Waals surface area contributed by atoms with E-state index in [2.05, 4.69) is 65.4 Å². The Morgan fingerprint density at radius 3 is 2.75 bits per heavy atom. The first-order valence-electron chi connectivity index (χ1n) is 6.89. The summed E-state index contributed by atoms with van der Waals surface area (Å²) in [6.45, 7) is 3.84. The minimum atomic E-state index is 0.850. The van der Waals surface area contributed by atoms with E-state index in [4.69, 9.17) is 0 Å². The first-order chi connectivity index (χ1) is 9.75. The van der Waals surface area contributed by atoms with E-state index >= 15 is 0 Å². The van der Waals surface area contributed by atoms with Gasteiger partial charge >= 0.3 is 0 Å². The van der Waals surface area contributed by atoms with Gasteiger partial charge < -0.3 is 9.88 Å². The molecule has 0 aliphatic carbocycles. The van der Waals surface area contributed by atoms with Crippen LogP contribution in [0, 0.1) is 6.92 Å². The highest BCUT2D eigenvalue weighted by atomic mass is 14.9. The molecule has 1 N–H and O–H groups in total. The number of nitrogens with one attached hydrogen (secondary N) is 1. The first-order valence-corrected chi connectivity index (χ1v) is 6.89. The van der Waals surface area contributed by atoms with Crippen LogP contribution in [0.2, 0.25) is 0 Å². The lowest BCUT2D eigenvalue weighted by atomic mass is 10.1. The maximum Gasteiger partial charge on any atom is 0.0481 e. The third-order valence-electron chi connectivity index (χ3n) is 3.76. The van der Waals surface area contributed by atoms with Gasteiger partial charge in [0.2, 0.25) is 0 Å². The van der Waals surface area contributed by atoms with Gasteiger partial charge in [-0.25, -0.2) is 0 Å². The Balaban J connectivity index is 1.73. The predicted molar refractivity (Wildman–Crippen MR) is 82.4 cm³/mol.